The fourth-order valence-corrected chi connectivity index (χ4v) is 4.61. The monoisotopic (exact) mass is 542 g/mol. The maximum atomic E-state index is 12.3. The van der Waals surface area contributed by atoms with Crippen LogP contribution in [-0.2, 0) is 24.3 Å². The zero-order valence-corrected chi connectivity index (χ0v) is 18.8. The molecule has 1 aromatic carbocycles. The lowest BCUT2D eigenvalue weighted by atomic mass is 10.3. The fraction of sp³-hybridized carbons (Fsp3) is 0.286. The summed E-state index contributed by atoms with van der Waals surface area (Å²) < 4.78 is 31.1. The number of rotatable bonds is 8. The molecule has 0 radical (unpaired) electrons. The second-order valence-corrected chi connectivity index (χ2v) is 10.4. The molecular formula is C14H15IN4O5S3. The van der Waals surface area contributed by atoms with Gasteiger partial charge in [-0.15, -0.1) is 10.2 Å². The number of benzene rings is 1. The normalized spacial score (nSPS) is 11.1. The van der Waals surface area contributed by atoms with E-state index in [4.69, 9.17) is 0 Å². The van der Waals surface area contributed by atoms with E-state index >= 15 is 0 Å². The number of amides is 1. The van der Waals surface area contributed by atoms with Gasteiger partial charge in [0.05, 0.1) is 24.8 Å². The van der Waals surface area contributed by atoms with Crippen molar-refractivity contribution >= 4 is 78.4 Å². The molecule has 0 saturated heterocycles. The van der Waals surface area contributed by atoms with Crippen LogP contribution >= 0.6 is 45.7 Å². The van der Waals surface area contributed by atoms with Gasteiger partial charge in [0.15, 0.2) is 4.34 Å². The molecule has 2 rings (SSSR count). The Morgan fingerprint density at radius 2 is 1.96 bits per heavy atom. The topological polar surface area (TPSA) is 119 Å². The molecule has 0 unspecified atom stereocenters. The van der Waals surface area contributed by atoms with Crippen molar-refractivity contribution in [1.29, 1.82) is 0 Å². The number of carbonyl (C=O) groups excluding carboxylic acids is 2. The van der Waals surface area contributed by atoms with Gasteiger partial charge in [0.25, 0.3) is 0 Å². The van der Waals surface area contributed by atoms with Crippen LogP contribution in [0.3, 0.4) is 0 Å². The minimum Gasteiger partial charge on any atom is -0.468 e. The molecule has 27 heavy (non-hydrogen) atoms. The fourth-order valence-electron chi connectivity index (χ4n) is 1.79. The molecule has 0 spiro atoms. The molecule has 1 heterocycles. The molecule has 0 aliphatic carbocycles. The highest BCUT2D eigenvalue weighted by Crippen LogP contribution is 2.25. The molecule has 0 bridgehead atoms. The van der Waals surface area contributed by atoms with Crippen LogP contribution in [0.1, 0.15) is 0 Å². The molecule has 146 valence electrons. The van der Waals surface area contributed by atoms with Crippen molar-refractivity contribution in [1.82, 2.24) is 10.2 Å². The molecule has 1 aromatic heterocycles. The summed E-state index contributed by atoms with van der Waals surface area (Å²) in [6, 6.07) is 6.76. The Labute approximate surface area is 178 Å². The van der Waals surface area contributed by atoms with Gasteiger partial charge < -0.3 is 4.74 Å². The Hall–Kier alpha value is -1.45. The van der Waals surface area contributed by atoms with Crippen molar-refractivity contribution < 1.29 is 22.7 Å². The van der Waals surface area contributed by atoms with Crippen LogP contribution in [0.15, 0.2) is 28.6 Å². The SMILES string of the molecule is COC(=O)CSc1nnc(NC(=O)CN(c2ccc(I)cc2)S(C)(=O)=O)s1. The van der Waals surface area contributed by atoms with E-state index in [1.165, 1.54) is 7.11 Å². The van der Waals surface area contributed by atoms with Crippen LogP contribution in [0, 0.1) is 3.57 Å². The van der Waals surface area contributed by atoms with E-state index in [0.717, 1.165) is 37.2 Å². The number of halogens is 1. The molecule has 0 aliphatic heterocycles. The lowest BCUT2D eigenvalue weighted by molar-refractivity contribution is -0.137. The number of anilines is 2. The Balaban J connectivity index is 2.03. The summed E-state index contributed by atoms with van der Waals surface area (Å²) in [4.78, 5) is 23.4. The smallest absolute Gasteiger partial charge is 0.316 e. The van der Waals surface area contributed by atoms with E-state index in [0.29, 0.717) is 10.0 Å². The number of methoxy groups -OCH3 is 1. The van der Waals surface area contributed by atoms with Gasteiger partial charge in [-0.1, -0.05) is 23.1 Å². The molecule has 0 aliphatic rings. The quantitative estimate of drug-likeness (QED) is 0.232. The molecule has 1 amide bonds. The zero-order chi connectivity index (χ0) is 20.0. The number of hydrogen-bond acceptors (Lipinski definition) is 9. The number of nitrogens with zero attached hydrogens (tertiary/aromatic N) is 3. The van der Waals surface area contributed by atoms with Crippen molar-refractivity contribution in [3.8, 4) is 0 Å². The van der Waals surface area contributed by atoms with Crippen LogP contribution in [0.5, 0.6) is 0 Å². The average molecular weight is 542 g/mol. The van der Waals surface area contributed by atoms with Crippen LogP contribution < -0.4 is 9.62 Å². The summed E-state index contributed by atoms with van der Waals surface area (Å²) in [5, 5.41) is 10.4. The Morgan fingerprint density at radius 3 is 2.56 bits per heavy atom. The first-order chi connectivity index (χ1) is 12.7. The maximum absolute atomic E-state index is 12.3. The zero-order valence-electron chi connectivity index (χ0n) is 14.2. The number of ether oxygens (including phenoxy) is 1. The van der Waals surface area contributed by atoms with E-state index < -0.39 is 28.4 Å². The van der Waals surface area contributed by atoms with Crippen molar-refractivity contribution in [2.24, 2.45) is 0 Å². The average Bonchev–Trinajstić information content (AvgIpc) is 3.05. The highest BCUT2D eigenvalue weighted by atomic mass is 127. The number of carbonyl (C=O) groups is 2. The van der Waals surface area contributed by atoms with Gasteiger partial charge in [-0.2, -0.15) is 0 Å². The van der Waals surface area contributed by atoms with E-state index in [9.17, 15) is 18.0 Å². The number of aromatic nitrogens is 2. The predicted molar refractivity (Wildman–Crippen MR) is 113 cm³/mol. The van der Waals surface area contributed by atoms with E-state index in [-0.39, 0.29) is 10.9 Å². The Morgan fingerprint density at radius 1 is 1.30 bits per heavy atom. The third kappa shape index (κ3) is 6.90. The van der Waals surface area contributed by atoms with Gasteiger partial charge in [-0.05, 0) is 46.9 Å². The van der Waals surface area contributed by atoms with Gasteiger partial charge in [0.2, 0.25) is 21.1 Å². The van der Waals surface area contributed by atoms with Gasteiger partial charge in [-0.3, -0.25) is 19.2 Å². The summed E-state index contributed by atoms with van der Waals surface area (Å²) in [5.74, 6) is -0.880. The molecule has 13 heteroatoms. The third-order valence-electron chi connectivity index (χ3n) is 3.00. The largest absolute Gasteiger partial charge is 0.468 e. The van der Waals surface area contributed by atoms with Gasteiger partial charge in [0, 0.05) is 3.57 Å². The second kappa shape index (κ2) is 9.66. The van der Waals surface area contributed by atoms with E-state index in [1.54, 1.807) is 24.3 Å². The maximum Gasteiger partial charge on any atom is 0.316 e. The van der Waals surface area contributed by atoms with Gasteiger partial charge in [0.1, 0.15) is 6.54 Å². The van der Waals surface area contributed by atoms with Crippen molar-refractivity contribution in [2.45, 2.75) is 4.34 Å². The Kier molecular flexibility index (Phi) is 7.81. The number of esters is 1. The van der Waals surface area contributed by atoms with Crippen LogP contribution in [0.2, 0.25) is 0 Å². The molecule has 0 atom stereocenters. The van der Waals surface area contributed by atoms with Crippen LogP contribution in [0.25, 0.3) is 0 Å². The molecule has 9 nitrogen and oxygen atoms in total. The van der Waals surface area contributed by atoms with E-state index in [2.05, 4.69) is 42.8 Å². The summed E-state index contributed by atoms with van der Waals surface area (Å²) >= 11 is 4.31. The summed E-state index contributed by atoms with van der Waals surface area (Å²) in [6.07, 6.45) is 1.03. The number of sulfonamides is 1. The minimum atomic E-state index is -3.65. The van der Waals surface area contributed by atoms with Crippen molar-refractivity contribution in [3.05, 3.63) is 27.8 Å². The summed E-state index contributed by atoms with van der Waals surface area (Å²) in [6.45, 7) is -0.399. The predicted octanol–water partition coefficient (Wildman–Crippen LogP) is 1.81. The first-order valence-electron chi connectivity index (χ1n) is 7.25. The van der Waals surface area contributed by atoms with Crippen LogP contribution in [-0.4, -0.2) is 56.2 Å². The number of hydrogen-bond donors (Lipinski definition) is 1. The second-order valence-electron chi connectivity index (χ2n) is 5.03. The highest BCUT2D eigenvalue weighted by Gasteiger charge is 2.21. The van der Waals surface area contributed by atoms with Gasteiger partial charge >= 0.3 is 5.97 Å². The van der Waals surface area contributed by atoms with Crippen LogP contribution in [0.4, 0.5) is 10.8 Å². The molecule has 2 aromatic rings. The highest BCUT2D eigenvalue weighted by molar-refractivity contribution is 14.1. The van der Waals surface area contributed by atoms with Crippen molar-refractivity contribution in [3.63, 3.8) is 0 Å². The third-order valence-corrected chi connectivity index (χ3v) is 6.80. The summed E-state index contributed by atoms with van der Waals surface area (Å²) in [5.41, 5.74) is 0.389. The Bertz CT molecular complexity index is 917. The lowest BCUT2D eigenvalue weighted by Gasteiger charge is -2.21. The summed E-state index contributed by atoms with van der Waals surface area (Å²) in [7, 11) is -2.36. The molecule has 1 N–H and O–H groups in total. The molecule has 0 saturated carbocycles. The minimum absolute atomic E-state index is 0.0771. The van der Waals surface area contributed by atoms with Gasteiger partial charge in [-0.25, -0.2) is 8.42 Å². The first-order valence-corrected chi connectivity index (χ1v) is 12.0. The lowest BCUT2D eigenvalue weighted by Crippen LogP contribution is -2.37. The molecular weight excluding hydrogens is 527 g/mol. The van der Waals surface area contributed by atoms with E-state index in [1.807, 2.05) is 0 Å². The van der Waals surface area contributed by atoms with Crippen molar-refractivity contribution in [2.75, 3.05) is 35.3 Å². The standard InChI is InChI=1S/C14H15IN4O5S3/c1-24-12(21)8-25-14-18-17-13(26-14)16-11(20)7-19(27(2,22)23)10-5-3-9(15)4-6-10/h3-6H,7-8H2,1-2H3,(H,16,17,20). The molecule has 0 fully saturated rings. The number of nitrogens with one attached hydrogen (secondary N) is 1. The first kappa shape index (κ1) is 21.8. The number of thioether (sulfide) groups is 1.